The number of quaternary nitrogens is 1. The minimum Gasteiger partial charge on any atom is -0.822 e. The molecule has 0 aromatic rings. The maximum absolute atomic E-state index is 8.55. The summed E-state index contributed by atoms with van der Waals surface area (Å²) in [5.41, 5.74) is 0. The standard InChI is InChI=1S/H3N.H3O4P.H2O4S/c;2*1-5(2,3)4/h1H3;(H3,1,2,3,4);(H2,1,2,3,4)/p-4. The van der Waals surface area contributed by atoms with Crippen molar-refractivity contribution in [1.82, 2.24) is 6.15 Å². The summed E-state index contributed by atoms with van der Waals surface area (Å²) in [5, 5.41) is 0. The molecule has 0 amide bonds. The van der Waals surface area contributed by atoms with Crippen molar-refractivity contribution in [3.8, 4) is 0 Å². The van der Waals surface area contributed by atoms with Crippen molar-refractivity contribution in [2.24, 2.45) is 0 Å². The van der Waals surface area contributed by atoms with Gasteiger partial charge in [-0.05, 0) is 0 Å². The predicted molar refractivity (Wildman–Crippen MR) is 24.1 cm³/mol. The third-order valence-electron chi connectivity index (χ3n) is 0. The molecular formula is H4NO8PS-4. The molecule has 0 aromatic carbocycles. The predicted octanol–water partition coefficient (Wildman–Crippen LogP) is -3.79. The van der Waals surface area contributed by atoms with Gasteiger partial charge in [0.25, 0.3) is 0 Å². The molecule has 72 valence electrons. The Kier molecular flexibility index (Phi) is 8.69. The van der Waals surface area contributed by atoms with Gasteiger partial charge in [0, 0.05) is 10.4 Å². The third kappa shape index (κ3) is 174000. The molecule has 0 aromatic heterocycles. The highest BCUT2D eigenvalue weighted by molar-refractivity contribution is 7.79. The lowest BCUT2D eigenvalue weighted by molar-refractivity contribution is -0.432. The van der Waals surface area contributed by atoms with Gasteiger partial charge in [-0.3, -0.25) is 8.42 Å². The number of hydrogen-bond donors (Lipinski definition) is 1. The van der Waals surface area contributed by atoms with Crippen LogP contribution in [0.4, 0.5) is 0 Å². The van der Waals surface area contributed by atoms with Gasteiger partial charge in [0.05, 0.1) is 0 Å². The van der Waals surface area contributed by atoms with Crippen molar-refractivity contribution in [2.75, 3.05) is 0 Å². The summed E-state index contributed by atoms with van der Waals surface area (Å²) in [6, 6.07) is 0. The molecule has 0 rings (SSSR count). The topological polar surface area (TPSA) is 203 Å². The molecule has 11 heavy (non-hydrogen) atoms. The molecule has 0 saturated heterocycles. The van der Waals surface area contributed by atoms with Crippen molar-refractivity contribution in [3.05, 3.63) is 0 Å². The molecular weight excluding hydrogens is 205 g/mol. The summed E-state index contributed by atoms with van der Waals surface area (Å²) in [7, 11) is -10.6. The van der Waals surface area contributed by atoms with Crippen molar-refractivity contribution in [2.45, 2.75) is 0 Å². The number of hydrogen-bond acceptors (Lipinski definition) is 8. The smallest absolute Gasteiger partial charge is 0.0311 e. The summed E-state index contributed by atoms with van der Waals surface area (Å²) in [5.74, 6) is 0. The number of rotatable bonds is 0. The first kappa shape index (κ1) is 17.1. The summed E-state index contributed by atoms with van der Waals surface area (Å²) in [6.07, 6.45) is 0. The van der Waals surface area contributed by atoms with Gasteiger partial charge in [-0.25, -0.2) is 0 Å². The molecule has 0 heterocycles. The summed E-state index contributed by atoms with van der Waals surface area (Å²) < 4.78 is 42.6. The molecule has 0 radical (unpaired) electrons. The van der Waals surface area contributed by atoms with E-state index in [-0.39, 0.29) is 6.15 Å². The van der Waals surface area contributed by atoms with E-state index < -0.39 is 18.2 Å². The average molecular weight is 209 g/mol. The quantitative estimate of drug-likeness (QED) is 0.237. The van der Waals surface area contributed by atoms with Crippen molar-refractivity contribution in [3.63, 3.8) is 0 Å². The van der Waals surface area contributed by atoms with Crippen LogP contribution in [0.25, 0.3) is 0 Å². The van der Waals surface area contributed by atoms with Crippen molar-refractivity contribution >= 4 is 18.2 Å². The van der Waals surface area contributed by atoms with Crippen LogP contribution in [0.3, 0.4) is 0 Å². The molecule has 0 bridgehead atoms. The second-order valence-corrected chi connectivity index (χ2v) is 2.57. The maximum atomic E-state index is 8.55. The molecule has 0 fully saturated rings. The summed E-state index contributed by atoms with van der Waals surface area (Å²) in [4.78, 5) is 25.6. The van der Waals surface area contributed by atoms with E-state index >= 15 is 0 Å². The molecule has 0 aliphatic heterocycles. The molecule has 0 unspecified atom stereocenters. The van der Waals surface area contributed by atoms with Crippen LogP contribution in [0.1, 0.15) is 0 Å². The fraction of sp³-hybridized carbons (Fsp3) is 0. The summed E-state index contributed by atoms with van der Waals surface area (Å²) in [6.45, 7) is 0. The van der Waals surface area contributed by atoms with E-state index in [0.29, 0.717) is 0 Å². The zero-order valence-corrected chi connectivity index (χ0v) is 6.83. The Bertz CT molecular complexity index is 192. The van der Waals surface area contributed by atoms with Gasteiger partial charge in [0.2, 0.25) is 0 Å². The van der Waals surface area contributed by atoms with E-state index in [2.05, 4.69) is 0 Å². The SMILES string of the molecule is O=P([O-])([O-])[O-].O=S(=O)([O-])[O-].[NH4+]. The Morgan fingerprint density at radius 2 is 1.00 bits per heavy atom. The van der Waals surface area contributed by atoms with Crippen LogP contribution < -0.4 is 20.8 Å². The highest BCUT2D eigenvalue weighted by Gasteiger charge is 1.49. The van der Waals surface area contributed by atoms with Crippen molar-refractivity contribution < 1.29 is 36.8 Å². The van der Waals surface area contributed by atoms with Gasteiger partial charge < -0.3 is 34.5 Å². The fourth-order valence-corrected chi connectivity index (χ4v) is 0. The third-order valence-corrected chi connectivity index (χ3v) is 0. The van der Waals surface area contributed by atoms with Crippen LogP contribution >= 0.6 is 7.82 Å². The van der Waals surface area contributed by atoms with E-state index in [9.17, 15) is 0 Å². The molecule has 0 aliphatic rings. The van der Waals surface area contributed by atoms with Crippen LogP contribution in [-0.2, 0) is 15.0 Å². The van der Waals surface area contributed by atoms with Crippen LogP contribution in [0, 0.1) is 0 Å². The van der Waals surface area contributed by atoms with Gasteiger partial charge >= 0.3 is 0 Å². The number of phosphoric acid groups is 1. The molecule has 0 atom stereocenters. The second kappa shape index (κ2) is 5.57. The Balaban J connectivity index is -0.000000107. The Labute approximate surface area is 62.1 Å². The van der Waals surface area contributed by atoms with Gasteiger partial charge in [0.15, 0.2) is 0 Å². The lowest BCUT2D eigenvalue weighted by atomic mass is 14.0. The molecule has 4 N–H and O–H groups in total. The molecule has 0 aliphatic carbocycles. The summed E-state index contributed by atoms with van der Waals surface area (Å²) >= 11 is 0. The van der Waals surface area contributed by atoms with E-state index in [1.807, 2.05) is 0 Å². The minimum atomic E-state index is -5.39. The lowest BCUT2D eigenvalue weighted by Gasteiger charge is -2.36. The first-order chi connectivity index (χ1) is 4.00. The van der Waals surface area contributed by atoms with E-state index in [4.69, 9.17) is 36.8 Å². The molecule has 9 nitrogen and oxygen atoms in total. The molecule has 11 heteroatoms. The Morgan fingerprint density at radius 3 is 1.00 bits per heavy atom. The lowest BCUT2D eigenvalue weighted by Crippen LogP contribution is -2.24. The van der Waals surface area contributed by atoms with Gasteiger partial charge in [0.1, 0.15) is 0 Å². The first-order valence-corrected chi connectivity index (χ1v) is 4.19. The largest absolute Gasteiger partial charge is 0.822 e. The highest BCUT2D eigenvalue weighted by atomic mass is 32.3. The van der Waals surface area contributed by atoms with Crippen LogP contribution in [0.2, 0.25) is 0 Å². The van der Waals surface area contributed by atoms with Gasteiger partial charge in [-0.15, -0.1) is 0 Å². The van der Waals surface area contributed by atoms with Crippen LogP contribution in [0.5, 0.6) is 0 Å². The average Bonchev–Trinajstić information content (AvgIpc) is 1.12. The minimum absolute atomic E-state index is 0. The van der Waals surface area contributed by atoms with Gasteiger partial charge in [-0.1, -0.05) is 0 Å². The Morgan fingerprint density at radius 1 is 1.00 bits per heavy atom. The maximum Gasteiger partial charge on any atom is 0.0311 e. The first-order valence-electron chi connectivity index (χ1n) is 1.40. The molecule has 0 saturated carbocycles. The van der Waals surface area contributed by atoms with Crippen molar-refractivity contribution in [1.29, 1.82) is 0 Å². The zero-order valence-electron chi connectivity index (χ0n) is 5.12. The highest BCUT2D eigenvalue weighted by Crippen LogP contribution is 2.03. The van der Waals surface area contributed by atoms with E-state index in [1.54, 1.807) is 0 Å². The van der Waals surface area contributed by atoms with E-state index in [1.165, 1.54) is 0 Å². The fourth-order valence-electron chi connectivity index (χ4n) is 0. The Hall–Kier alpha value is -0.0600. The monoisotopic (exact) mass is 209 g/mol. The van der Waals surface area contributed by atoms with E-state index in [0.717, 1.165) is 0 Å². The zero-order chi connectivity index (χ0) is 9.00. The van der Waals surface area contributed by atoms with Crippen LogP contribution in [0.15, 0.2) is 0 Å². The van der Waals surface area contributed by atoms with Crippen LogP contribution in [-0.4, -0.2) is 17.5 Å². The normalized spacial score (nSPS) is 10.6. The van der Waals surface area contributed by atoms with Gasteiger partial charge in [-0.2, -0.15) is 7.82 Å². The molecule has 0 spiro atoms. The second-order valence-electron chi connectivity index (χ2n) is 0.855.